The zero-order valence-electron chi connectivity index (χ0n) is 32.4. The number of hydrogen-bond donors (Lipinski definition) is 3. The summed E-state index contributed by atoms with van der Waals surface area (Å²) in [7, 11) is -2.87. The van der Waals surface area contributed by atoms with Crippen LogP contribution in [0.3, 0.4) is 0 Å². The van der Waals surface area contributed by atoms with Crippen molar-refractivity contribution in [2.45, 2.75) is 29.3 Å². The second-order valence-corrected chi connectivity index (χ2v) is 16.7. The predicted molar refractivity (Wildman–Crippen MR) is 233 cm³/mol. The molecule has 8 rings (SSSR count). The maximum absolute atomic E-state index is 14.9. The van der Waals surface area contributed by atoms with Crippen LogP contribution in [0.15, 0.2) is 163 Å². The van der Waals surface area contributed by atoms with Gasteiger partial charge in [-0.1, -0.05) is 109 Å². The highest BCUT2D eigenvalue weighted by Gasteiger charge is 2.40. The average molecular weight is 838 g/mol. The largest absolute Gasteiger partial charge is 0.527 e. The lowest BCUT2D eigenvalue weighted by atomic mass is 10.0. The summed E-state index contributed by atoms with van der Waals surface area (Å²) in [6.07, 6.45) is 0. The molecule has 0 radical (unpaired) electrons. The van der Waals surface area contributed by atoms with E-state index in [2.05, 4.69) is 10.6 Å². The minimum absolute atomic E-state index is 0.106. The lowest BCUT2D eigenvalue weighted by Crippen LogP contribution is -2.52. The molecular weight excluding hydrogens is 798 g/mol. The number of hydrogen-bond acceptors (Lipinski definition) is 8. The number of nitrogens with one attached hydrogen (secondary N) is 2. The summed E-state index contributed by atoms with van der Waals surface area (Å²) >= 11 is 1.43. The first-order chi connectivity index (χ1) is 29.1. The third-order valence-electron chi connectivity index (χ3n) is 10.2. The molecule has 7 aromatic carbocycles. The Kier molecular flexibility index (Phi) is 12.0. The Balaban J connectivity index is 1.04. The number of phosphoric ester groups is 1. The number of methoxy groups -OCH3 is 1. The van der Waals surface area contributed by atoms with Crippen LogP contribution in [0.1, 0.15) is 32.3 Å². The van der Waals surface area contributed by atoms with Crippen molar-refractivity contribution in [2.24, 2.45) is 0 Å². The lowest BCUT2D eigenvalue weighted by Gasteiger charge is -2.28. The average Bonchev–Trinajstić information content (AvgIpc) is 3.38. The van der Waals surface area contributed by atoms with Crippen molar-refractivity contribution in [1.29, 1.82) is 0 Å². The minimum Gasteiger partial charge on any atom is -0.497 e. The van der Waals surface area contributed by atoms with Crippen molar-refractivity contribution in [3.8, 4) is 11.5 Å². The van der Waals surface area contributed by atoms with E-state index < -0.39 is 30.9 Å². The van der Waals surface area contributed by atoms with Crippen LogP contribution in [0.5, 0.6) is 11.5 Å². The molecule has 0 aliphatic carbocycles. The fourth-order valence-corrected chi connectivity index (χ4v) is 9.22. The number of carbonyl (C=O) groups is 3. The summed E-state index contributed by atoms with van der Waals surface area (Å²) in [6, 6.07) is 46.3. The maximum atomic E-state index is 14.9. The molecule has 3 N–H and O–H groups in total. The van der Waals surface area contributed by atoms with Gasteiger partial charge < -0.3 is 24.8 Å². The number of fused-ring (bicyclic) bond motifs is 3. The Bertz CT molecular complexity index is 2750. The molecule has 3 amide bonds. The number of benzene rings is 7. The van der Waals surface area contributed by atoms with Gasteiger partial charge in [-0.05, 0) is 86.8 Å². The second-order valence-electron chi connectivity index (χ2n) is 14.1. The summed E-state index contributed by atoms with van der Waals surface area (Å²) < 4.78 is 28.7. The van der Waals surface area contributed by atoms with Crippen LogP contribution < -0.4 is 24.8 Å². The minimum atomic E-state index is -4.45. The molecule has 0 saturated heterocycles. The fraction of sp³-hybridized carbons (Fsp3) is 0.128. The predicted octanol–water partition coefficient (Wildman–Crippen LogP) is 8.99. The van der Waals surface area contributed by atoms with Crippen LogP contribution in [0.4, 0.5) is 5.69 Å². The van der Waals surface area contributed by atoms with E-state index in [4.69, 9.17) is 13.8 Å². The first kappa shape index (κ1) is 40.4. The van der Waals surface area contributed by atoms with Crippen LogP contribution in [0.25, 0.3) is 21.5 Å². The summed E-state index contributed by atoms with van der Waals surface area (Å²) in [5.74, 6) is -0.562. The van der Waals surface area contributed by atoms with Crippen LogP contribution in [0, 0.1) is 0 Å². The van der Waals surface area contributed by atoms with E-state index in [9.17, 15) is 23.8 Å². The first-order valence-corrected chi connectivity index (χ1v) is 21.5. The summed E-state index contributed by atoms with van der Waals surface area (Å²) in [5.41, 5.74) is 3.28. The van der Waals surface area contributed by atoms with Crippen molar-refractivity contribution < 1.29 is 37.6 Å². The molecule has 0 fully saturated rings. The van der Waals surface area contributed by atoms with E-state index in [-0.39, 0.29) is 36.9 Å². The molecule has 0 aromatic heterocycles. The highest BCUT2D eigenvalue weighted by molar-refractivity contribution is 7.99. The number of amides is 3. The Labute approximate surface area is 350 Å². The smallest absolute Gasteiger partial charge is 0.497 e. The van der Waals surface area contributed by atoms with Crippen LogP contribution in [0.2, 0.25) is 0 Å². The Morgan fingerprint density at radius 1 is 0.767 bits per heavy atom. The third kappa shape index (κ3) is 9.22. The zero-order valence-corrected chi connectivity index (χ0v) is 34.1. The number of thioether (sulfide) groups is 1. The molecule has 0 spiro atoms. The van der Waals surface area contributed by atoms with Gasteiger partial charge in [-0.25, -0.2) is 4.57 Å². The molecule has 0 bridgehead atoms. The highest BCUT2D eigenvalue weighted by atomic mass is 32.2. The van der Waals surface area contributed by atoms with Crippen molar-refractivity contribution in [1.82, 2.24) is 10.6 Å². The molecule has 1 aliphatic rings. The van der Waals surface area contributed by atoms with E-state index >= 15 is 0 Å². The van der Waals surface area contributed by atoms with Gasteiger partial charge in [-0.3, -0.25) is 23.8 Å². The maximum Gasteiger partial charge on any atom is 0.527 e. The van der Waals surface area contributed by atoms with Crippen molar-refractivity contribution in [3.05, 3.63) is 180 Å². The quantitative estimate of drug-likeness (QED) is 0.0970. The number of ether oxygens (including phenoxy) is 1. The van der Waals surface area contributed by atoms with E-state index in [0.717, 1.165) is 32.4 Å². The first-order valence-electron chi connectivity index (χ1n) is 19.1. The number of phosphoric acid groups is 1. The molecule has 1 aliphatic heterocycles. The van der Waals surface area contributed by atoms with Crippen LogP contribution in [-0.4, -0.2) is 42.3 Å². The monoisotopic (exact) mass is 837 g/mol. The fourth-order valence-electron chi connectivity index (χ4n) is 7.13. The Morgan fingerprint density at radius 3 is 2.28 bits per heavy atom. The van der Waals surface area contributed by atoms with Gasteiger partial charge in [-0.2, -0.15) is 0 Å². The molecular formula is C47H40N3O8PS. The number of anilines is 1. The van der Waals surface area contributed by atoms with Gasteiger partial charge in [0.25, 0.3) is 11.8 Å². The normalized spacial score (nSPS) is 16.0. The number of carbonyl (C=O) groups excluding carboxylic acids is 3. The molecule has 1 heterocycles. The topological polar surface area (TPSA) is 144 Å². The van der Waals surface area contributed by atoms with Gasteiger partial charge in [0.15, 0.2) is 0 Å². The molecule has 60 heavy (non-hydrogen) atoms. The van der Waals surface area contributed by atoms with E-state index in [1.54, 1.807) is 79.9 Å². The summed E-state index contributed by atoms with van der Waals surface area (Å²) in [5, 5.41) is 8.83. The Hall–Kier alpha value is -6.43. The second kappa shape index (κ2) is 17.8. The Morgan fingerprint density at radius 2 is 1.47 bits per heavy atom. The number of rotatable bonds is 13. The van der Waals surface area contributed by atoms with E-state index in [1.807, 2.05) is 78.9 Å². The standard InChI is InChI=1S/C47H40N3O8PS/c1-56-38-23-20-33(21-24-38)45-44(49-46(52)36-19-18-35-27-39(25-22-34(35)26-36)58-59(54,55)57-30-31-10-3-2-4-11-31)47(53)50(41-16-7-8-17-42(41)60-45)29-43(51)48-28-37-14-9-13-32-12-5-6-15-40(32)37/h2-27,44-45H,28-30H2,1H3,(H,48,51)(H,49,52)(H,54,55)/t44-,45-/m1/s1. The zero-order chi connectivity index (χ0) is 41.6. The van der Waals surface area contributed by atoms with Crippen LogP contribution >= 0.6 is 19.6 Å². The van der Waals surface area contributed by atoms with Gasteiger partial charge in [0.1, 0.15) is 24.1 Å². The molecule has 11 nitrogen and oxygen atoms in total. The highest BCUT2D eigenvalue weighted by Crippen LogP contribution is 2.47. The van der Waals surface area contributed by atoms with Crippen molar-refractivity contribution >= 4 is 64.5 Å². The summed E-state index contributed by atoms with van der Waals surface area (Å²) in [4.78, 5) is 55.4. The molecule has 0 saturated carbocycles. The van der Waals surface area contributed by atoms with E-state index in [0.29, 0.717) is 22.2 Å². The third-order valence-corrected chi connectivity index (χ3v) is 12.5. The van der Waals surface area contributed by atoms with Gasteiger partial charge in [-0.15, -0.1) is 11.8 Å². The molecule has 302 valence electrons. The van der Waals surface area contributed by atoms with Gasteiger partial charge in [0.05, 0.1) is 24.7 Å². The van der Waals surface area contributed by atoms with E-state index in [1.165, 1.54) is 22.7 Å². The lowest BCUT2D eigenvalue weighted by molar-refractivity contribution is -0.124. The molecule has 1 unspecified atom stereocenters. The molecule has 13 heteroatoms. The molecule has 7 aromatic rings. The van der Waals surface area contributed by atoms with Crippen molar-refractivity contribution in [2.75, 3.05) is 18.6 Å². The van der Waals surface area contributed by atoms with Gasteiger partial charge in [0, 0.05) is 17.0 Å². The van der Waals surface area contributed by atoms with Gasteiger partial charge in [0.2, 0.25) is 5.91 Å². The number of nitrogens with zero attached hydrogens (tertiary/aromatic N) is 1. The number of para-hydroxylation sites is 1. The SMILES string of the molecule is COc1ccc([C@H]2Sc3ccccc3N(CC(=O)NCc3cccc4ccccc34)C(=O)[C@@H]2NC(=O)c2ccc3cc(OP(=O)(O)OCc4ccccc4)ccc3c2)cc1. The summed E-state index contributed by atoms with van der Waals surface area (Å²) in [6.45, 7) is -0.115. The van der Waals surface area contributed by atoms with Crippen LogP contribution in [-0.2, 0) is 31.8 Å². The van der Waals surface area contributed by atoms with Gasteiger partial charge >= 0.3 is 7.82 Å². The molecule has 3 atom stereocenters. The van der Waals surface area contributed by atoms with Crippen molar-refractivity contribution in [3.63, 3.8) is 0 Å².